The number of piperidine rings is 1. The van der Waals surface area contributed by atoms with Crippen LogP contribution in [0.4, 0.5) is 10.1 Å². The smallest absolute Gasteiger partial charge is 0.230 e. The lowest BCUT2D eigenvalue weighted by Gasteiger charge is -2.36. The molecule has 0 spiro atoms. The summed E-state index contributed by atoms with van der Waals surface area (Å²) in [6, 6.07) is 18.1. The molecule has 3 aromatic rings. The van der Waals surface area contributed by atoms with Crippen LogP contribution in [0, 0.1) is 12.7 Å². The minimum atomic E-state index is -0.450. The summed E-state index contributed by atoms with van der Waals surface area (Å²) in [5.41, 5.74) is 5.40. The van der Waals surface area contributed by atoms with Gasteiger partial charge in [0.15, 0.2) is 0 Å². The average Bonchev–Trinajstić information content (AvgIpc) is 2.83. The number of hydrogen-bond donors (Lipinski definition) is 1. The quantitative estimate of drug-likeness (QED) is 0.618. The van der Waals surface area contributed by atoms with Crippen LogP contribution in [0.15, 0.2) is 60.7 Å². The second-order valence-electron chi connectivity index (χ2n) is 8.94. The number of amides is 2. The maximum atomic E-state index is 13.5. The molecule has 2 aliphatic rings. The molecule has 2 amide bonds. The molecule has 0 aliphatic carbocycles. The van der Waals surface area contributed by atoms with Gasteiger partial charge in [-0.25, -0.2) is 4.39 Å². The van der Waals surface area contributed by atoms with Gasteiger partial charge in [-0.15, -0.1) is 0 Å². The molecule has 6 heteroatoms. The van der Waals surface area contributed by atoms with Crippen LogP contribution in [0.1, 0.15) is 48.0 Å². The van der Waals surface area contributed by atoms with Crippen LogP contribution in [0.5, 0.6) is 0 Å². The van der Waals surface area contributed by atoms with Gasteiger partial charge in [-0.3, -0.25) is 14.6 Å². The van der Waals surface area contributed by atoms with Crippen molar-refractivity contribution in [3.63, 3.8) is 0 Å². The molecule has 5 nitrogen and oxygen atoms in total. The second-order valence-corrected chi connectivity index (χ2v) is 8.94. The van der Waals surface area contributed by atoms with Crippen LogP contribution in [0.25, 0.3) is 11.1 Å². The average molecular weight is 444 g/mol. The number of nitrogens with zero attached hydrogens (tertiary/aromatic N) is 2. The summed E-state index contributed by atoms with van der Waals surface area (Å²) in [6.45, 7) is 3.23. The highest BCUT2D eigenvalue weighted by Crippen LogP contribution is 2.36. The number of hydrogen-bond acceptors (Lipinski definition) is 3. The lowest BCUT2D eigenvalue weighted by atomic mass is 9.87. The van der Waals surface area contributed by atoms with E-state index >= 15 is 0 Å². The van der Waals surface area contributed by atoms with E-state index in [1.54, 1.807) is 12.1 Å². The Morgan fingerprint density at radius 2 is 1.88 bits per heavy atom. The minimum Gasteiger partial charge on any atom is -0.341 e. The predicted octanol–water partition coefficient (Wildman–Crippen LogP) is 5.03. The van der Waals surface area contributed by atoms with E-state index in [9.17, 15) is 14.0 Å². The molecule has 1 aromatic heterocycles. The fourth-order valence-corrected chi connectivity index (χ4v) is 4.98. The Labute approximate surface area is 192 Å². The fraction of sp³-hybridized carbons (Fsp3) is 0.296. The Kier molecular flexibility index (Phi) is 5.67. The predicted molar refractivity (Wildman–Crippen MR) is 125 cm³/mol. The summed E-state index contributed by atoms with van der Waals surface area (Å²) in [5.74, 6) is -0.703. The van der Waals surface area contributed by atoms with E-state index in [4.69, 9.17) is 4.98 Å². The van der Waals surface area contributed by atoms with Gasteiger partial charge in [-0.1, -0.05) is 30.3 Å². The summed E-state index contributed by atoms with van der Waals surface area (Å²) < 4.78 is 13.4. The Hall–Kier alpha value is -3.54. The summed E-state index contributed by atoms with van der Waals surface area (Å²) in [4.78, 5) is 32.4. The topological polar surface area (TPSA) is 62.3 Å². The molecule has 0 unspecified atom stereocenters. The first-order valence-corrected chi connectivity index (χ1v) is 11.4. The molecule has 2 atom stereocenters. The highest BCUT2D eigenvalue weighted by Gasteiger charge is 2.35. The molecule has 2 aliphatic heterocycles. The second kappa shape index (κ2) is 8.77. The highest BCUT2D eigenvalue weighted by molar-refractivity contribution is 6.01. The van der Waals surface area contributed by atoms with Gasteiger partial charge < -0.3 is 10.2 Å². The van der Waals surface area contributed by atoms with Crippen molar-refractivity contribution in [2.24, 2.45) is 0 Å². The van der Waals surface area contributed by atoms with E-state index in [2.05, 4.69) is 11.4 Å². The third kappa shape index (κ3) is 4.38. The summed E-state index contributed by atoms with van der Waals surface area (Å²) in [6.07, 6.45) is 2.01. The van der Waals surface area contributed by atoms with Crippen molar-refractivity contribution in [3.05, 3.63) is 83.4 Å². The molecule has 5 rings (SSSR count). The lowest BCUT2D eigenvalue weighted by Crippen LogP contribution is -2.43. The number of halogens is 1. The normalized spacial score (nSPS) is 20.2. The first-order chi connectivity index (χ1) is 16.0. The van der Waals surface area contributed by atoms with Crippen LogP contribution in [-0.2, 0) is 9.59 Å². The minimum absolute atomic E-state index is 0.00779. The number of pyridine rings is 1. The van der Waals surface area contributed by atoms with Crippen molar-refractivity contribution in [3.8, 4) is 11.1 Å². The molecule has 1 N–H and O–H groups in total. The molecular formula is C27H26FN3O2. The van der Waals surface area contributed by atoms with Crippen molar-refractivity contribution >= 4 is 17.5 Å². The molecule has 2 aromatic carbocycles. The van der Waals surface area contributed by atoms with Gasteiger partial charge >= 0.3 is 0 Å². The number of para-hydroxylation sites is 1. The van der Waals surface area contributed by atoms with Crippen LogP contribution in [0.3, 0.4) is 0 Å². The molecular weight excluding hydrogens is 417 g/mol. The third-order valence-electron chi connectivity index (χ3n) is 6.60. The van der Waals surface area contributed by atoms with E-state index in [1.807, 2.05) is 42.2 Å². The van der Waals surface area contributed by atoms with E-state index in [1.165, 1.54) is 12.1 Å². The van der Waals surface area contributed by atoms with Gasteiger partial charge in [0.05, 0.1) is 5.92 Å². The summed E-state index contributed by atoms with van der Waals surface area (Å²) in [5, 5.41) is 2.87. The standard InChI is InChI=1S/C27H26FN3O2/c1-17-13-20(18-8-10-21(28)11-9-18)14-25(29-17)19-5-4-12-31(16-19)27(33)23-15-26(32)30-24-7-3-2-6-22(23)24/h2-3,6-11,13-14,19,23H,4-5,12,15-16H2,1H3,(H,30,32)/t19-,23+/m0/s1. The summed E-state index contributed by atoms with van der Waals surface area (Å²) >= 11 is 0. The van der Waals surface area contributed by atoms with Gasteiger partial charge in [0, 0.05) is 42.5 Å². The molecule has 0 radical (unpaired) electrons. The zero-order valence-electron chi connectivity index (χ0n) is 18.6. The number of anilines is 1. The summed E-state index contributed by atoms with van der Waals surface area (Å²) in [7, 11) is 0. The van der Waals surface area contributed by atoms with Crippen LogP contribution >= 0.6 is 0 Å². The van der Waals surface area contributed by atoms with Gasteiger partial charge in [0.2, 0.25) is 11.8 Å². The molecule has 1 saturated heterocycles. The van der Waals surface area contributed by atoms with Crippen molar-refractivity contribution in [2.45, 2.75) is 38.0 Å². The van der Waals surface area contributed by atoms with Crippen molar-refractivity contribution in [2.75, 3.05) is 18.4 Å². The zero-order chi connectivity index (χ0) is 22.9. The largest absolute Gasteiger partial charge is 0.341 e. The SMILES string of the molecule is Cc1cc(-c2ccc(F)cc2)cc([C@H]2CCCN(C(=O)[C@@H]3CC(=O)Nc4ccccc43)C2)n1. The Bertz CT molecular complexity index is 1210. The Morgan fingerprint density at radius 1 is 1.09 bits per heavy atom. The van der Waals surface area contributed by atoms with Crippen LogP contribution in [-0.4, -0.2) is 34.8 Å². The molecule has 33 heavy (non-hydrogen) atoms. The molecule has 1 fully saturated rings. The first-order valence-electron chi connectivity index (χ1n) is 11.4. The van der Waals surface area contributed by atoms with Gasteiger partial charge in [0.25, 0.3) is 0 Å². The number of benzene rings is 2. The maximum Gasteiger partial charge on any atom is 0.230 e. The maximum absolute atomic E-state index is 13.5. The van der Waals surface area contributed by atoms with Crippen molar-refractivity contribution in [1.82, 2.24) is 9.88 Å². The third-order valence-corrected chi connectivity index (χ3v) is 6.60. The molecule has 168 valence electrons. The Balaban J connectivity index is 1.39. The van der Waals surface area contributed by atoms with Gasteiger partial charge in [-0.2, -0.15) is 0 Å². The molecule has 0 bridgehead atoms. The number of aryl methyl sites for hydroxylation is 1. The first kappa shape index (κ1) is 21.3. The number of rotatable bonds is 3. The van der Waals surface area contributed by atoms with Gasteiger partial charge in [0.1, 0.15) is 5.82 Å². The van der Waals surface area contributed by atoms with Crippen LogP contribution in [0.2, 0.25) is 0 Å². The number of nitrogens with one attached hydrogen (secondary N) is 1. The van der Waals surface area contributed by atoms with Gasteiger partial charge in [-0.05, 0) is 66.8 Å². The fourth-order valence-electron chi connectivity index (χ4n) is 4.98. The lowest BCUT2D eigenvalue weighted by molar-refractivity contribution is -0.136. The molecule has 0 saturated carbocycles. The van der Waals surface area contributed by atoms with Crippen molar-refractivity contribution in [1.29, 1.82) is 0 Å². The zero-order valence-corrected chi connectivity index (χ0v) is 18.6. The van der Waals surface area contributed by atoms with E-state index in [0.29, 0.717) is 13.1 Å². The Morgan fingerprint density at radius 3 is 2.70 bits per heavy atom. The number of carbonyl (C=O) groups is 2. The van der Waals surface area contributed by atoms with E-state index in [-0.39, 0.29) is 30.0 Å². The monoisotopic (exact) mass is 443 g/mol. The van der Waals surface area contributed by atoms with Crippen LogP contribution < -0.4 is 5.32 Å². The van der Waals surface area contributed by atoms with E-state index in [0.717, 1.165) is 46.6 Å². The number of aromatic nitrogens is 1. The number of likely N-dealkylation sites (tertiary alicyclic amines) is 1. The highest BCUT2D eigenvalue weighted by atomic mass is 19.1. The van der Waals surface area contributed by atoms with Crippen molar-refractivity contribution < 1.29 is 14.0 Å². The molecule has 3 heterocycles. The number of carbonyl (C=O) groups excluding carboxylic acids is 2. The number of fused-ring (bicyclic) bond motifs is 1. The van der Waals surface area contributed by atoms with E-state index < -0.39 is 5.92 Å².